The Bertz CT molecular complexity index is 529. The second-order valence-electron chi connectivity index (χ2n) is 4.91. The van der Waals surface area contributed by atoms with Crippen LogP contribution in [0, 0.1) is 13.8 Å². The number of aromatic nitrogens is 3. The van der Waals surface area contributed by atoms with Crippen LogP contribution in [-0.4, -0.2) is 28.0 Å². The number of aryl methyl sites for hydroxylation is 2. The molecule has 4 heteroatoms. The van der Waals surface area contributed by atoms with Crippen molar-refractivity contribution in [1.29, 1.82) is 0 Å². The largest absolute Gasteiger partial charge is 0.316 e. The first-order chi connectivity index (χ1) is 9.72. The molecular formula is C16H22N4. The van der Waals surface area contributed by atoms with Crippen LogP contribution in [0.4, 0.5) is 0 Å². The van der Waals surface area contributed by atoms with Crippen LogP contribution in [0.3, 0.4) is 0 Å². The van der Waals surface area contributed by atoms with Gasteiger partial charge in [-0.2, -0.15) is 0 Å². The van der Waals surface area contributed by atoms with Gasteiger partial charge in [0.15, 0.2) is 5.82 Å². The maximum atomic E-state index is 4.60. The number of hydrogen-bond donors (Lipinski definition) is 1. The molecule has 2 rings (SSSR count). The van der Waals surface area contributed by atoms with Gasteiger partial charge in [-0.15, -0.1) is 0 Å². The molecule has 0 aromatic carbocycles. The van der Waals surface area contributed by atoms with Gasteiger partial charge in [0.2, 0.25) is 0 Å². The number of hydrogen-bond acceptors (Lipinski definition) is 4. The smallest absolute Gasteiger partial charge is 0.178 e. The molecule has 0 bridgehead atoms. The Kier molecular flexibility index (Phi) is 5.18. The third kappa shape index (κ3) is 3.61. The van der Waals surface area contributed by atoms with Gasteiger partial charge in [0, 0.05) is 17.6 Å². The van der Waals surface area contributed by atoms with Crippen molar-refractivity contribution in [2.75, 3.05) is 13.1 Å². The van der Waals surface area contributed by atoms with Gasteiger partial charge in [-0.1, -0.05) is 13.0 Å². The summed E-state index contributed by atoms with van der Waals surface area (Å²) in [5, 5.41) is 3.42. The minimum atomic E-state index is 0.714. The summed E-state index contributed by atoms with van der Waals surface area (Å²) in [5.41, 5.74) is 4.18. The first kappa shape index (κ1) is 14.6. The van der Waals surface area contributed by atoms with Gasteiger partial charge in [-0.3, -0.25) is 4.98 Å². The number of nitrogens with one attached hydrogen (secondary N) is 1. The fraction of sp³-hybridized carbons (Fsp3) is 0.438. The van der Waals surface area contributed by atoms with Gasteiger partial charge in [0.05, 0.1) is 0 Å². The summed E-state index contributed by atoms with van der Waals surface area (Å²) in [6, 6.07) is 5.80. The molecular weight excluding hydrogens is 248 g/mol. The van der Waals surface area contributed by atoms with Crippen molar-refractivity contribution in [1.82, 2.24) is 20.3 Å². The molecule has 0 spiro atoms. The van der Waals surface area contributed by atoms with Crippen LogP contribution in [0.15, 0.2) is 24.4 Å². The van der Waals surface area contributed by atoms with Gasteiger partial charge in [-0.05, 0) is 57.5 Å². The quantitative estimate of drug-likeness (QED) is 0.820. The molecule has 0 unspecified atom stereocenters. The van der Waals surface area contributed by atoms with Crippen molar-refractivity contribution in [3.63, 3.8) is 0 Å². The molecule has 0 atom stereocenters. The van der Waals surface area contributed by atoms with E-state index in [0.717, 1.165) is 43.0 Å². The maximum Gasteiger partial charge on any atom is 0.178 e. The van der Waals surface area contributed by atoms with Gasteiger partial charge < -0.3 is 5.32 Å². The van der Waals surface area contributed by atoms with Gasteiger partial charge >= 0.3 is 0 Å². The van der Waals surface area contributed by atoms with E-state index >= 15 is 0 Å². The zero-order valence-electron chi connectivity index (χ0n) is 12.5. The van der Waals surface area contributed by atoms with Crippen molar-refractivity contribution in [2.24, 2.45) is 0 Å². The molecule has 0 amide bonds. The Morgan fingerprint density at radius 1 is 1.05 bits per heavy atom. The molecule has 20 heavy (non-hydrogen) atoms. The van der Waals surface area contributed by atoms with Crippen LogP contribution < -0.4 is 5.32 Å². The predicted molar refractivity (Wildman–Crippen MR) is 81.6 cm³/mol. The first-order valence-electron chi connectivity index (χ1n) is 7.18. The molecule has 106 valence electrons. The highest BCUT2D eigenvalue weighted by Gasteiger charge is 2.10. The molecule has 0 saturated heterocycles. The first-order valence-corrected chi connectivity index (χ1v) is 7.18. The van der Waals surface area contributed by atoms with Crippen molar-refractivity contribution in [3.8, 4) is 11.5 Å². The van der Waals surface area contributed by atoms with Gasteiger partial charge in [-0.25, -0.2) is 9.97 Å². The summed E-state index contributed by atoms with van der Waals surface area (Å²) < 4.78 is 0. The van der Waals surface area contributed by atoms with E-state index in [1.54, 1.807) is 6.20 Å². The number of rotatable bonds is 6. The topological polar surface area (TPSA) is 50.7 Å². The SMILES string of the molecule is CCCNCCc1c(C)nc(-c2ccccn2)nc1C. The van der Waals surface area contributed by atoms with E-state index in [9.17, 15) is 0 Å². The molecule has 2 heterocycles. The Hall–Kier alpha value is -1.81. The fourth-order valence-electron chi connectivity index (χ4n) is 2.23. The lowest BCUT2D eigenvalue weighted by atomic mass is 10.1. The minimum Gasteiger partial charge on any atom is -0.316 e. The van der Waals surface area contributed by atoms with Crippen molar-refractivity contribution in [2.45, 2.75) is 33.6 Å². The van der Waals surface area contributed by atoms with E-state index in [1.165, 1.54) is 5.56 Å². The Balaban J connectivity index is 2.17. The van der Waals surface area contributed by atoms with Crippen molar-refractivity contribution >= 4 is 0 Å². The predicted octanol–water partition coefficient (Wildman–Crippen LogP) is 2.70. The average Bonchev–Trinajstić information content (AvgIpc) is 2.46. The number of nitrogens with zero attached hydrogens (tertiary/aromatic N) is 3. The molecule has 0 aliphatic carbocycles. The Labute approximate surface area is 120 Å². The number of pyridine rings is 1. The van der Waals surface area contributed by atoms with E-state index < -0.39 is 0 Å². The van der Waals surface area contributed by atoms with Crippen LogP contribution in [0.5, 0.6) is 0 Å². The van der Waals surface area contributed by atoms with E-state index in [1.807, 2.05) is 18.2 Å². The average molecular weight is 270 g/mol. The van der Waals surface area contributed by atoms with Crippen LogP contribution in [-0.2, 0) is 6.42 Å². The van der Waals surface area contributed by atoms with Gasteiger partial charge in [0.1, 0.15) is 5.69 Å². The molecule has 1 N–H and O–H groups in total. The highest BCUT2D eigenvalue weighted by molar-refractivity contribution is 5.49. The lowest BCUT2D eigenvalue weighted by Crippen LogP contribution is -2.19. The summed E-state index contributed by atoms with van der Waals surface area (Å²) in [6.07, 6.45) is 3.90. The molecule has 2 aromatic heterocycles. The Morgan fingerprint density at radius 3 is 2.40 bits per heavy atom. The van der Waals surface area contributed by atoms with Crippen LogP contribution in [0.2, 0.25) is 0 Å². The second kappa shape index (κ2) is 7.10. The normalized spacial score (nSPS) is 10.8. The zero-order valence-corrected chi connectivity index (χ0v) is 12.5. The van der Waals surface area contributed by atoms with Crippen LogP contribution in [0.1, 0.15) is 30.3 Å². The highest BCUT2D eigenvalue weighted by Crippen LogP contribution is 2.17. The third-order valence-corrected chi connectivity index (χ3v) is 3.29. The third-order valence-electron chi connectivity index (χ3n) is 3.29. The summed E-state index contributed by atoms with van der Waals surface area (Å²) >= 11 is 0. The minimum absolute atomic E-state index is 0.714. The second-order valence-corrected chi connectivity index (χ2v) is 4.91. The lowest BCUT2D eigenvalue weighted by molar-refractivity contribution is 0.666. The summed E-state index contributed by atoms with van der Waals surface area (Å²) in [7, 11) is 0. The molecule has 4 nitrogen and oxygen atoms in total. The van der Waals surface area contributed by atoms with E-state index in [-0.39, 0.29) is 0 Å². The summed E-state index contributed by atoms with van der Waals surface area (Å²) in [4.78, 5) is 13.5. The van der Waals surface area contributed by atoms with Crippen LogP contribution >= 0.6 is 0 Å². The molecule has 2 aromatic rings. The molecule has 0 radical (unpaired) electrons. The van der Waals surface area contributed by atoms with E-state index in [2.05, 4.69) is 41.0 Å². The Morgan fingerprint density at radius 2 is 1.80 bits per heavy atom. The maximum absolute atomic E-state index is 4.60. The van der Waals surface area contributed by atoms with Crippen molar-refractivity contribution < 1.29 is 0 Å². The molecule has 0 fully saturated rings. The summed E-state index contributed by atoms with van der Waals surface area (Å²) in [5.74, 6) is 0.714. The van der Waals surface area contributed by atoms with Crippen LogP contribution in [0.25, 0.3) is 11.5 Å². The van der Waals surface area contributed by atoms with Crippen molar-refractivity contribution in [3.05, 3.63) is 41.3 Å². The highest BCUT2D eigenvalue weighted by atomic mass is 14.9. The van der Waals surface area contributed by atoms with E-state index in [0.29, 0.717) is 5.82 Å². The monoisotopic (exact) mass is 270 g/mol. The van der Waals surface area contributed by atoms with E-state index in [4.69, 9.17) is 0 Å². The summed E-state index contributed by atoms with van der Waals surface area (Å²) in [6.45, 7) is 8.31. The molecule has 0 aliphatic rings. The fourth-order valence-corrected chi connectivity index (χ4v) is 2.23. The lowest BCUT2D eigenvalue weighted by Gasteiger charge is -2.11. The molecule has 0 aliphatic heterocycles. The van der Waals surface area contributed by atoms with Gasteiger partial charge in [0.25, 0.3) is 0 Å². The standard InChI is InChI=1S/C16H22N4/c1-4-9-17-11-8-14-12(2)19-16(20-13(14)3)15-7-5-6-10-18-15/h5-7,10,17H,4,8-9,11H2,1-3H3. The molecule has 0 saturated carbocycles. The zero-order chi connectivity index (χ0) is 14.4.